The van der Waals surface area contributed by atoms with Gasteiger partial charge in [-0.25, -0.2) is 8.42 Å². The number of benzene rings is 3. The predicted octanol–water partition coefficient (Wildman–Crippen LogP) is 5.04. The molecular formula is C24H22F3N3O4S. The number of hydrogen-bond acceptors (Lipinski definition) is 5. The number of rotatable bonds is 10. The van der Waals surface area contributed by atoms with E-state index in [0.717, 1.165) is 46.5 Å². The van der Waals surface area contributed by atoms with Crippen LogP contribution in [0.25, 0.3) is 10.9 Å². The lowest BCUT2D eigenvalue weighted by molar-refractivity contribution is -0.274. The molecule has 0 bridgehead atoms. The van der Waals surface area contributed by atoms with Crippen LogP contribution in [0.4, 0.5) is 18.9 Å². The third-order valence-electron chi connectivity index (χ3n) is 4.97. The molecule has 3 N–H and O–H groups in total. The Bertz CT molecular complexity index is 1390. The number of alkyl halides is 3. The van der Waals surface area contributed by atoms with Gasteiger partial charge in [-0.1, -0.05) is 18.2 Å². The average molecular weight is 506 g/mol. The Hall–Kier alpha value is -3.70. The first kappa shape index (κ1) is 24.4. The first-order valence-corrected chi connectivity index (χ1v) is 12.1. The van der Waals surface area contributed by atoms with Crippen LogP contribution in [0.15, 0.2) is 83.9 Å². The van der Waals surface area contributed by atoms with Gasteiger partial charge in [0.2, 0.25) is 0 Å². The van der Waals surface area contributed by atoms with Crippen LogP contribution in [0.5, 0.6) is 11.5 Å². The lowest BCUT2D eigenvalue weighted by Gasteiger charge is -2.12. The third kappa shape index (κ3) is 6.67. The van der Waals surface area contributed by atoms with E-state index in [-0.39, 0.29) is 4.90 Å². The molecule has 0 aliphatic carbocycles. The lowest BCUT2D eigenvalue weighted by Crippen LogP contribution is -2.20. The molecule has 1 heterocycles. The van der Waals surface area contributed by atoms with Crippen molar-refractivity contribution in [2.45, 2.75) is 17.8 Å². The van der Waals surface area contributed by atoms with Gasteiger partial charge in [0.15, 0.2) is 0 Å². The summed E-state index contributed by atoms with van der Waals surface area (Å²) in [5.41, 5.74) is 2.17. The third-order valence-corrected chi connectivity index (χ3v) is 6.36. The molecule has 4 rings (SSSR count). The molecule has 184 valence electrons. The fraction of sp³-hybridized carbons (Fsp3) is 0.167. The van der Waals surface area contributed by atoms with E-state index in [1.807, 2.05) is 36.5 Å². The lowest BCUT2D eigenvalue weighted by atomic mass is 10.2. The summed E-state index contributed by atoms with van der Waals surface area (Å²) in [7, 11) is -3.99. The number of halogens is 3. The normalized spacial score (nSPS) is 12.0. The summed E-state index contributed by atoms with van der Waals surface area (Å²) in [4.78, 5) is 2.94. The van der Waals surface area contributed by atoms with Gasteiger partial charge in [0.25, 0.3) is 10.0 Å². The van der Waals surface area contributed by atoms with Crippen molar-refractivity contribution in [1.29, 1.82) is 0 Å². The number of aromatic nitrogens is 1. The molecule has 7 nitrogen and oxygen atoms in total. The number of aromatic amines is 1. The summed E-state index contributed by atoms with van der Waals surface area (Å²) < 4.78 is 74.1. The van der Waals surface area contributed by atoms with E-state index in [1.165, 1.54) is 0 Å². The van der Waals surface area contributed by atoms with Crippen LogP contribution < -0.4 is 19.5 Å². The molecule has 0 saturated carbocycles. The largest absolute Gasteiger partial charge is 0.573 e. The van der Waals surface area contributed by atoms with Gasteiger partial charge in [-0.3, -0.25) is 4.72 Å². The number of nitrogens with one attached hydrogen (secondary N) is 3. The molecule has 35 heavy (non-hydrogen) atoms. The van der Waals surface area contributed by atoms with Gasteiger partial charge in [-0.2, -0.15) is 0 Å². The van der Waals surface area contributed by atoms with Crippen LogP contribution in [0.3, 0.4) is 0 Å². The quantitative estimate of drug-likeness (QED) is 0.263. The number of anilines is 1. The van der Waals surface area contributed by atoms with Crippen LogP contribution >= 0.6 is 0 Å². The van der Waals surface area contributed by atoms with Gasteiger partial charge in [-0.05, 0) is 60.2 Å². The van der Waals surface area contributed by atoms with Crippen molar-refractivity contribution in [2.24, 2.45) is 0 Å². The van der Waals surface area contributed by atoms with Gasteiger partial charge >= 0.3 is 6.36 Å². The molecule has 0 unspecified atom stereocenters. The van der Waals surface area contributed by atoms with E-state index in [1.54, 1.807) is 18.2 Å². The second-order valence-corrected chi connectivity index (χ2v) is 9.23. The number of hydrogen-bond donors (Lipinski definition) is 3. The molecule has 0 amide bonds. The summed E-state index contributed by atoms with van der Waals surface area (Å²) in [6, 6.07) is 18.5. The van der Waals surface area contributed by atoms with Crippen molar-refractivity contribution in [3.63, 3.8) is 0 Å². The van der Waals surface area contributed by atoms with E-state index in [9.17, 15) is 21.6 Å². The average Bonchev–Trinajstić information content (AvgIpc) is 3.28. The fourth-order valence-electron chi connectivity index (χ4n) is 3.43. The van der Waals surface area contributed by atoms with E-state index in [0.29, 0.717) is 25.4 Å². The highest BCUT2D eigenvalue weighted by atomic mass is 32.2. The Labute approximate surface area is 199 Å². The fourth-order valence-corrected chi connectivity index (χ4v) is 4.48. The van der Waals surface area contributed by atoms with Crippen molar-refractivity contribution >= 4 is 26.6 Å². The molecule has 1 aromatic heterocycles. The highest BCUT2D eigenvalue weighted by Crippen LogP contribution is 2.26. The maximum atomic E-state index is 12.6. The highest BCUT2D eigenvalue weighted by molar-refractivity contribution is 7.92. The monoisotopic (exact) mass is 505 g/mol. The van der Waals surface area contributed by atoms with Crippen LogP contribution in [0.1, 0.15) is 5.56 Å². The van der Waals surface area contributed by atoms with Gasteiger partial charge in [-0.15, -0.1) is 13.2 Å². The second-order valence-electron chi connectivity index (χ2n) is 7.55. The van der Waals surface area contributed by atoms with Crippen LogP contribution in [-0.2, 0) is 16.6 Å². The second kappa shape index (κ2) is 10.3. The number of sulfonamides is 1. The van der Waals surface area contributed by atoms with Crippen LogP contribution in [0, 0.1) is 0 Å². The standard InChI is InChI=1S/C24H22F3N3O4S/c25-24(26,27)34-19-7-9-20(10-8-19)35(31,32)30-18-4-1-3-17(15-18)16-28-13-14-33-23-6-2-5-22-21(23)11-12-29-22/h1-12,15,28-30H,13-14,16H2. The number of fused-ring (bicyclic) bond motifs is 1. The number of ether oxygens (including phenoxy) is 2. The molecule has 0 fully saturated rings. The summed E-state index contributed by atoms with van der Waals surface area (Å²) in [6.07, 6.45) is -3.00. The SMILES string of the molecule is O=S(=O)(Nc1cccc(CNCCOc2cccc3[nH]ccc23)c1)c1ccc(OC(F)(F)F)cc1. The first-order chi connectivity index (χ1) is 16.7. The van der Waals surface area contributed by atoms with Gasteiger partial charge < -0.3 is 19.8 Å². The molecule has 0 radical (unpaired) electrons. The smallest absolute Gasteiger partial charge is 0.492 e. The van der Waals surface area contributed by atoms with Gasteiger partial charge in [0, 0.05) is 35.9 Å². The van der Waals surface area contributed by atoms with Crippen molar-refractivity contribution in [3.05, 3.63) is 84.6 Å². The topological polar surface area (TPSA) is 92.5 Å². The Balaban J connectivity index is 1.29. The van der Waals surface area contributed by atoms with E-state index >= 15 is 0 Å². The van der Waals surface area contributed by atoms with Gasteiger partial charge in [0.05, 0.1) is 4.90 Å². The zero-order chi connectivity index (χ0) is 24.9. The predicted molar refractivity (Wildman–Crippen MR) is 126 cm³/mol. The molecule has 0 aliphatic rings. The zero-order valence-corrected chi connectivity index (χ0v) is 19.1. The first-order valence-electron chi connectivity index (χ1n) is 10.6. The molecular weight excluding hydrogens is 483 g/mol. The molecule has 3 aromatic carbocycles. The Kier molecular flexibility index (Phi) is 7.17. The van der Waals surface area contributed by atoms with E-state index in [4.69, 9.17) is 4.74 Å². The Morgan fingerprint density at radius 2 is 1.71 bits per heavy atom. The van der Waals surface area contributed by atoms with Crippen molar-refractivity contribution in [2.75, 3.05) is 17.9 Å². The van der Waals surface area contributed by atoms with Crippen LogP contribution in [0.2, 0.25) is 0 Å². The maximum Gasteiger partial charge on any atom is 0.573 e. The minimum Gasteiger partial charge on any atom is -0.492 e. The van der Waals surface area contributed by atoms with E-state index in [2.05, 4.69) is 19.8 Å². The molecule has 11 heteroatoms. The molecule has 0 spiro atoms. The van der Waals surface area contributed by atoms with E-state index < -0.39 is 22.1 Å². The summed E-state index contributed by atoms with van der Waals surface area (Å²) in [6.45, 7) is 1.50. The van der Waals surface area contributed by atoms with Crippen molar-refractivity contribution in [3.8, 4) is 11.5 Å². The highest BCUT2D eigenvalue weighted by Gasteiger charge is 2.31. The minimum absolute atomic E-state index is 0.190. The van der Waals surface area contributed by atoms with Crippen molar-refractivity contribution in [1.82, 2.24) is 10.3 Å². The number of H-pyrrole nitrogens is 1. The molecule has 0 saturated heterocycles. The molecule has 0 aliphatic heterocycles. The summed E-state index contributed by atoms with van der Waals surface area (Å²) in [5, 5.41) is 4.25. The van der Waals surface area contributed by atoms with Crippen LogP contribution in [-0.4, -0.2) is 32.9 Å². The Morgan fingerprint density at radius 1 is 0.943 bits per heavy atom. The van der Waals surface area contributed by atoms with Gasteiger partial charge in [0.1, 0.15) is 18.1 Å². The Morgan fingerprint density at radius 3 is 2.49 bits per heavy atom. The zero-order valence-electron chi connectivity index (χ0n) is 18.3. The summed E-state index contributed by atoms with van der Waals surface area (Å²) >= 11 is 0. The maximum absolute atomic E-state index is 12.6. The minimum atomic E-state index is -4.85. The van der Waals surface area contributed by atoms with Crippen molar-refractivity contribution < 1.29 is 31.1 Å². The summed E-state index contributed by atoms with van der Waals surface area (Å²) in [5.74, 6) is 0.290. The molecule has 4 aromatic rings. The molecule has 0 atom stereocenters.